The molecule has 1 aromatic carbocycles. The molecular weight excluding hydrogens is 304 g/mol. The van der Waals surface area contributed by atoms with Gasteiger partial charge >= 0.3 is 6.03 Å². The van der Waals surface area contributed by atoms with Crippen LogP contribution in [0.5, 0.6) is 0 Å². The highest BCUT2D eigenvalue weighted by Gasteiger charge is 2.11. The summed E-state index contributed by atoms with van der Waals surface area (Å²) in [6.45, 7) is 5.98. The molecule has 0 radical (unpaired) electrons. The highest BCUT2D eigenvalue weighted by molar-refractivity contribution is 7.11. The number of hydrogen-bond acceptors (Lipinski definition) is 5. The number of amides is 2. The molecule has 7 nitrogen and oxygen atoms in total. The Bertz CT molecular complexity index is 707. The zero-order chi connectivity index (χ0) is 16.3. The van der Waals surface area contributed by atoms with Gasteiger partial charge in [-0.05, 0) is 26.3 Å². The van der Waals surface area contributed by atoms with E-state index in [2.05, 4.69) is 15.6 Å². The van der Waals surface area contributed by atoms with Gasteiger partial charge in [0.25, 0.3) is 5.69 Å². The van der Waals surface area contributed by atoms with Crippen molar-refractivity contribution in [1.82, 2.24) is 10.3 Å². The van der Waals surface area contributed by atoms with Gasteiger partial charge in [0.2, 0.25) is 0 Å². The molecule has 2 aromatic rings. The van der Waals surface area contributed by atoms with Crippen LogP contribution < -0.4 is 10.6 Å². The molecule has 0 aliphatic rings. The van der Waals surface area contributed by atoms with Crippen LogP contribution in [0.25, 0.3) is 0 Å². The van der Waals surface area contributed by atoms with E-state index in [9.17, 15) is 14.9 Å². The first kappa shape index (κ1) is 15.9. The minimum absolute atomic E-state index is 0.0629. The Morgan fingerprint density at radius 3 is 2.68 bits per heavy atom. The number of rotatable bonds is 4. The average Bonchev–Trinajstić information content (AvgIpc) is 2.78. The standard InChI is InChI=1S/C14H16N4O3S/c1-8-4-5-11(18(20)21)6-12(8)17-14(19)15-7-13-16-9(2)10(3)22-13/h4-6H,7H2,1-3H3,(H2,15,17,19). The number of benzene rings is 1. The Balaban J connectivity index is 2.00. The largest absolute Gasteiger partial charge is 0.331 e. The van der Waals surface area contributed by atoms with E-state index in [1.54, 1.807) is 13.0 Å². The molecule has 22 heavy (non-hydrogen) atoms. The van der Waals surface area contributed by atoms with Gasteiger partial charge in [0.05, 0.1) is 22.8 Å². The van der Waals surface area contributed by atoms with Crippen LogP contribution >= 0.6 is 11.3 Å². The van der Waals surface area contributed by atoms with Crippen molar-refractivity contribution in [2.24, 2.45) is 0 Å². The van der Waals surface area contributed by atoms with Gasteiger partial charge < -0.3 is 10.6 Å². The molecule has 2 rings (SSSR count). The summed E-state index contributed by atoms with van der Waals surface area (Å²) in [4.78, 5) is 27.6. The lowest BCUT2D eigenvalue weighted by molar-refractivity contribution is -0.384. The number of hydrogen-bond donors (Lipinski definition) is 2. The van der Waals surface area contributed by atoms with Crippen LogP contribution in [0.3, 0.4) is 0 Å². The second-order valence-electron chi connectivity index (χ2n) is 4.81. The lowest BCUT2D eigenvalue weighted by Crippen LogP contribution is -2.28. The third-order valence-electron chi connectivity index (χ3n) is 3.15. The first-order valence-electron chi connectivity index (χ1n) is 6.59. The summed E-state index contributed by atoms with van der Waals surface area (Å²) >= 11 is 1.53. The van der Waals surface area contributed by atoms with Gasteiger partial charge in [-0.2, -0.15) is 0 Å². The summed E-state index contributed by atoms with van der Waals surface area (Å²) in [7, 11) is 0. The summed E-state index contributed by atoms with van der Waals surface area (Å²) in [5, 5.41) is 16.9. The topological polar surface area (TPSA) is 97.2 Å². The number of anilines is 1. The third-order valence-corrected chi connectivity index (χ3v) is 4.23. The maximum atomic E-state index is 11.9. The number of non-ortho nitro benzene ring substituents is 1. The first-order chi connectivity index (χ1) is 10.4. The van der Waals surface area contributed by atoms with Crippen molar-refractivity contribution in [3.05, 3.63) is 49.5 Å². The number of nitro groups is 1. The summed E-state index contributed by atoms with van der Waals surface area (Å²) in [6.07, 6.45) is 0. The number of nitro benzene ring substituents is 1. The number of carbonyl (C=O) groups excluding carboxylic acids is 1. The Morgan fingerprint density at radius 2 is 2.09 bits per heavy atom. The van der Waals surface area contributed by atoms with E-state index in [1.165, 1.54) is 23.5 Å². The number of aromatic nitrogens is 1. The van der Waals surface area contributed by atoms with Crippen LogP contribution in [0, 0.1) is 30.9 Å². The molecule has 0 atom stereocenters. The Kier molecular flexibility index (Phi) is 4.71. The van der Waals surface area contributed by atoms with Gasteiger partial charge in [0, 0.05) is 17.0 Å². The molecule has 0 spiro atoms. The zero-order valence-electron chi connectivity index (χ0n) is 12.5. The fourth-order valence-corrected chi connectivity index (χ4v) is 2.67. The van der Waals surface area contributed by atoms with E-state index in [0.717, 1.165) is 21.1 Å². The number of urea groups is 1. The van der Waals surface area contributed by atoms with Crippen molar-refractivity contribution in [2.75, 3.05) is 5.32 Å². The fourth-order valence-electron chi connectivity index (χ4n) is 1.80. The van der Waals surface area contributed by atoms with Gasteiger partial charge in [-0.15, -0.1) is 11.3 Å². The van der Waals surface area contributed by atoms with Crippen molar-refractivity contribution >= 4 is 28.7 Å². The van der Waals surface area contributed by atoms with E-state index in [1.807, 2.05) is 13.8 Å². The van der Waals surface area contributed by atoms with Gasteiger partial charge in [0.1, 0.15) is 5.01 Å². The molecule has 8 heteroatoms. The van der Waals surface area contributed by atoms with Crippen molar-refractivity contribution in [1.29, 1.82) is 0 Å². The summed E-state index contributed by atoms with van der Waals surface area (Å²) in [5.41, 5.74) is 2.06. The molecule has 0 fully saturated rings. The molecular formula is C14H16N4O3S. The number of nitrogens with one attached hydrogen (secondary N) is 2. The van der Waals surface area contributed by atoms with Gasteiger partial charge in [-0.25, -0.2) is 9.78 Å². The molecule has 0 bridgehead atoms. The summed E-state index contributed by atoms with van der Waals surface area (Å²) in [5.74, 6) is 0. The smallest absolute Gasteiger partial charge is 0.319 e. The second-order valence-corrected chi connectivity index (χ2v) is 6.10. The molecule has 2 amide bonds. The normalized spacial score (nSPS) is 10.3. The minimum Gasteiger partial charge on any atom is -0.331 e. The monoisotopic (exact) mass is 320 g/mol. The highest BCUT2D eigenvalue weighted by atomic mass is 32.1. The van der Waals surface area contributed by atoms with E-state index >= 15 is 0 Å². The lowest BCUT2D eigenvalue weighted by Gasteiger charge is -2.09. The molecule has 1 heterocycles. The fraction of sp³-hybridized carbons (Fsp3) is 0.286. The molecule has 0 saturated heterocycles. The van der Waals surface area contributed by atoms with Gasteiger partial charge in [0.15, 0.2) is 0 Å². The number of carbonyl (C=O) groups is 1. The first-order valence-corrected chi connectivity index (χ1v) is 7.41. The maximum absolute atomic E-state index is 11.9. The van der Waals surface area contributed by atoms with Crippen LogP contribution in [0.15, 0.2) is 18.2 Å². The van der Waals surface area contributed by atoms with Gasteiger partial charge in [-0.1, -0.05) is 6.07 Å². The van der Waals surface area contributed by atoms with E-state index in [4.69, 9.17) is 0 Å². The molecule has 116 valence electrons. The molecule has 2 N–H and O–H groups in total. The summed E-state index contributed by atoms with van der Waals surface area (Å²) < 4.78 is 0. The van der Waals surface area contributed by atoms with Crippen LogP contribution in [0.1, 0.15) is 21.1 Å². The second kappa shape index (κ2) is 6.52. The van der Waals surface area contributed by atoms with E-state index in [0.29, 0.717) is 12.2 Å². The molecule has 0 unspecified atom stereocenters. The van der Waals surface area contributed by atoms with Crippen LogP contribution in [0.4, 0.5) is 16.2 Å². The van der Waals surface area contributed by atoms with Crippen molar-refractivity contribution < 1.29 is 9.72 Å². The van der Waals surface area contributed by atoms with Gasteiger partial charge in [-0.3, -0.25) is 10.1 Å². The van der Waals surface area contributed by atoms with Crippen LogP contribution in [0.2, 0.25) is 0 Å². The molecule has 0 aliphatic heterocycles. The maximum Gasteiger partial charge on any atom is 0.319 e. The minimum atomic E-state index is -0.496. The molecule has 1 aromatic heterocycles. The van der Waals surface area contributed by atoms with Crippen molar-refractivity contribution in [2.45, 2.75) is 27.3 Å². The van der Waals surface area contributed by atoms with E-state index in [-0.39, 0.29) is 5.69 Å². The Labute approximate surface area is 131 Å². The summed E-state index contributed by atoms with van der Waals surface area (Å²) in [6, 6.07) is 3.92. The number of nitrogens with zero attached hydrogens (tertiary/aromatic N) is 2. The predicted molar refractivity (Wildman–Crippen MR) is 85.3 cm³/mol. The molecule has 0 aliphatic carbocycles. The Morgan fingerprint density at radius 1 is 1.36 bits per heavy atom. The van der Waals surface area contributed by atoms with Crippen LogP contribution in [-0.4, -0.2) is 15.9 Å². The van der Waals surface area contributed by atoms with Crippen molar-refractivity contribution in [3.8, 4) is 0 Å². The van der Waals surface area contributed by atoms with Crippen molar-refractivity contribution in [3.63, 3.8) is 0 Å². The third kappa shape index (κ3) is 3.79. The highest BCUT2D eigenvalue weighted by Crippen LogP contribution is 2.22. The SMILES string of the molecule is Cc1ccc([N+](=O)[O-])cc1NC(=O)NCc1nc(C)c(C)s1. The number of aryl methyl sites for hydroxylation is 3. The van der Waals surface area contributed by atoms with E-state index < -0.39 is 11.0 Å². The number of thiazole rings is 1. The quantitative estimate of drug-likeness (QED) is 0.667. The zero-order valence-corrected chi connectivity index (χ0v) is 13.3. The average molecular weight is 320 g/mol. The predicted octanol–water partition coefficient (Wildman–Crippen LogP) is 3.30. The van der Waals surface area contributed by atoms with Crippen LogP contribution in [-0.2, 0) is 6.54 Å². The molecule has 0 saturated carbocycles. The lowest BCUT2D eigenvalue weighted by atomic mass is 10.2. The Hall–Kier alpha value is -2.48.